The Balaban J connectivity index is 2.29. The first-order valence-electron chi connectivity index (χ1n) is 6.89. The lowest BCUT2D eigenvalue weighted by molar-refractivity contribution is 0.318. The molecule has 2 rings (SSSR count). The Hall–Kier alpha value is -2.56. The number of nitrogens with two attached hydrogens (primary N) is 1. The maximum absolute atomic E-state index is 8.86. The number of amidine groups is 1. The molecule has 3 N–H and O–H groups in total. The quantitative estimate of drug-likeness (QED) is 0.383. The van der Waals surface area contributed by atoms with Crippen molar-refractivity contribution in [3.05, 3.63) is 59.4 Å². The van der Waals surface area contributed by atoms with Gasteiger partial charge in [0.25, 0.3) is 0 Å². The topological polar surface area (TPSA) is 74.7 Å². The van der Waals surface area contributed by atoms with Crippen molar-refractivity contribution in [3.63, 3.8) is 0 Å². The van der Waals surface area contributed by atoms with Crippen molar-refractivity contribution in [2.24, 2.45) is 10.9 Å². The van der Waals surface area contributed by atoms with E-state index in [1.807, 2.05) is 12.1 Å². The summed E-state index contributed by atoms with van der Waals surface area (Å²) < 4.78 is 0. The van der Waals surface area contributed by atoms with Crippen LogP contribution in [0.4, 0.5) is 5.69 Å². The van der Waals surface area contributed by atoms with E-state index in [2.05, 4.69) is 53.2 Å². The summed E-state index contributed by atoms with van der Waals surface area (Å²) in [6.45, 7) is 5.67. The Morgan fingerprint density at radius 1 is 1.29 bits per heavy atom. The number of rotatable bonds is 5. The minimum absolute atomic E-state index is 0.0329. The van der Waals surface area contributed by atoms with E-state index in [-0.39, 0.29) is 5.84 Å². The van der Waals surface area contributed by atoms with Gasteiger partial charge in [0.15, 0.2) is 5.84 Å². The molecule has 1 aromatic carbocycles. The molecule has 0 saturated carbocycles. The summed E-state index contributed by atoms with van der Waals surface area (Å²) in [5, 5.41) is 11.9. The lowest BCUT2D eigenvalue weighted by Gasteiger charge is -2.24. The van der Waals surface area contributed by atoms with E-state index >= 15 is 0 Å². The lowest BCUT2D eigenvalue weighted by Crippen LogP contribution is -2.25. The molecule has 5 nitrogen and oxygen atoms in total. The van der Waals surface area contributed by atoms with Crippen molar-refractivity contribution in [2.75, 3.05) is 11.4 Å². The summed E-state index contributed by atoms with van der Waals surface area (Å²) in [4.78, 5) is 6.42. The second-order valence-corrected chi connectivity index (χ2v) is 4.85. The van der Waals surface area contributed by atoms with Crippen molar-refractivity contribution in [2.45, 2.75) is 20.4 Å². The Labute approximate surface area is 124 Å². The van der Waals surface area contributed by atoms with Crippen LogP contribution >= 0.6 is 0 Å². The molecule has 5 heteroatoms. The Bertz CT molecular complexity index is 622. The average Bonchev–Trinajstić information content (AvgIpc) is 2.53. The van der Waals surface area contributed by atoms with Crippen LogP contribution in [0.15, 0.2) is 47.8 Å². The summed E-state index contributed by atoms with van der Waals surface area (Å²) >= 11 is 0. The minimum atomic E-state index is 0.0329. The third-order valence-corrected chi connectivity index (χ3v) is 3.38. The first-order valence-corrected chi connectivity index (χ1v) is 6.89. The summed E-state index contributed by atoms with van der Waals surface area (Å²) in [5.41, 5.74) is 9.50. The first-order chi connectivity index (χ1) is 10.2. The van der Waals surface area contributed by atoms with E-state index in [4.69, 9.17) is 10.9 Å². The zero-order valence-electron chi connectivity index (χ0n) is 12.3. The van der Waals surface area contributed by atoms with Crippen LogP contribution in [-0.2, 0) is 6.54 Å². The number of hydrogen-bond acceptors (Lipinski definition) is 4. The molecule has 0 aliphatic heterocycles. The van der Waals surface area contributed by atoms with Gasteiger partial charge in [-0.15, -0.1) is 0 Å². The molecule has 0 amide bonds. The van der Waals surface area contributed by atoms with Crippen LogP contribution in [0.3, 0.4) is 0 Å². The van der Waals surface area contributed by atoms with Crippen LogP contribution in [0, 0.1) is 6.92 Å². The summed E-state index contributed by atoms with van der Waals surface area (Å²) in [6, 6.07) is 12.2. The molecular weight excluding hydrogens is 264 g/mol. The van der Waals surface area contributed by atoms with Gasteiger partial charge in [-0.3, -0.25) is 4.98 Å². The molecule has 2 aromatic rings. The van der Waals surface area contributed by atoms with Gasteiger partial charge in [0, 0.05) is 30.5 Å². The largest absolute Gasteiger partial charge is 0.409 e. The standard InChI is InChI=1S/C16H20N4O/c1-3-20(14-8-6-12(2)7-9-14)11-13-5-4-10-18-15(13)16(17)19-21/h4-10,21H,3,11H2,1-2H3,(H2,17,19). The molecule has 110 valence electrons. The molecule has 0 spiro atoms. The number of aromatic nitrogens is 1. The number of pyridine rings is 1. The molecule has 0 aliphatic carbocycles. The van der Waals surface area contributed by atoms with Crippen LogP contribution in [0.5, 0.6) is 0 Å². The molecule has 0 atom stereocenters. The maximum atomic E-state index is 8.86. The van der Waals surface area contributed by atoms with Gasteiger partial charge in [0.2, 0.25) is 0 Å². The van der Waals surface area contributed by atoms with E-state index in [1.165, 1.54) is 5.56 Å². The van der Waals surface area contributed by atoms with Crippen LogP contribution < -0.4 is 10.6 Å². The fourth-order valence-electron chi connectivity index (χ4n) is 2.19. The molecule has 0 radical (unpaired) electrons. The lowest BCUT2D eigenvalue weighted by atomic mass is 10.1. The molecule has 0 unspecified atom stereocenters. The minimum Gasteiger partial charge on any atom is -0.409 e. The second-order valence-electron chi connectivity index (χ2n) is 4.85. The van der Waals surface area contributed by atoms with Gasteiger partial charge in [-0.2, -0.15) is 0 Å². The number of aryl methyl sites for hydroxylation is 1. The highest BCUT2D eigenvalue weighted by Gasteiger charge is 2.12. The third-order valence-electron chi connectivity index (χ3n) is 3.38. The number of oxime groups is 1. The highest BCUT2D eigenvalue weighted by molar-refractivity contribution is 5.96. The Morgan fingerprint density at radius 3 is 2.62 bits per heavy atom. The van der Waals surface area contributed by atoms with E-state index in [0.717, 1.165) is 17.8 Å². The maximum Gasteiger partial charge on any atom is 0.189 e. The van der Waals surface area contributed by atoms with Crippen LogP contribution in [0.2, 0.25) is 0 Å². The monoisotopic (exact) mass is 284 g/mol. The highest BCUT2D eigenvalue weighted by atomic mass is 16.4. The van der Waals surface area contributed by atoms with Gasteiger partial charge in [0.1, 0.15) is 5.69 Å². The van der Waals surface area contributed by atoms with Crippen LogP contribution in [-0.4, -0.2) is 22.6 Å². The fraction of sp³-hybridized carbons (Fsp3) is 0.250. The average molecular weight is 284 g/mol. The Kier molecular flexibility index (Phi) is 4.77. The predicted octanol–water partition coefficient (Wildman–Crippen LogP) is 2.51. The van der Waals surface area contributed by atoms with Gasteiger partial charge >= 0.3 is 0 Å². The van der Waals surface area contributed by atoms with Crippen LogP contribution in [0.1, 0.15) is 23.7 Å². The van der Waals surface area contributed by atoms with E-state index in [9.17, 15) is 0 Å². The number of nitrogens with zero attached hydrogens (tertiary/aromatic N) is 3. The summed E-state index contributed by atoms with van der Waals surface area (Å²) in [5.74, 6) is 0.0329. The summed E-state index contributed by atoms with van der Waals surface area (Å²) in [7, 11) is 0. The first kappa shape index (κ1) is 14.8. The number of benzene rings is 1. The molecule has 1 heterocycles. The van der Waals surface area contributed by atoms with Crippen molar-refractivity contribution in [1.29, 1.82) is 0 Å². The fourth-order valence-corrected chi connectivity index (χ4v) is 2.19. The van der Waals surface area contributed by atoms with Crippen molar-refractivity contribution < 1.29 is 5.21 Å². The van der Waals surface area contributed by atoms with Gasteiger partial charge in [-0.05, 0) is 32.0 Å². The predicted molar refractivity (Wildman–Crippen MR) is 84.7 cm³/mol. The number of hydrogen-bond donors (Lipinski definition) is 2. The molecule has 0 aliphatic rings. The van der Waals surface area contributed by atoms with Crippen molar-refractivity contribution >= 4 is 11.5 Å². The Morgan fingerprint density at radius 2 is 2.00 bits per heavy atom. The van der Waals surface area contributed by atoms with Crippen LogP contribution in [0.25, 0.3) is 0 Å². The molecule has 0 fully saturated rings. The normalized spacial score (nSPS) is 11.4. The van der Waals surface area contributed by atoms with E-state index < -0.39 is 0 Å². The molecule has 0 bridgehead atoms. The van der Waals surface area contributed by atoms with E-state index in [0.29, 0.717) is 12.2 Å². The van der Waals surface area contributed by atoms with E-state index in [1.54, 1.807) is 6.20 Å². The molecule has 0 saturated heterocycles. The van der Waals surface area contributed by atoms with Crippen molar-refractivity contribution in [1.82, 2.24) is 4.98 Å². The zero-order valence-corrected chi connectivity index (χ0v) is 12.3. The van der Waals surface area contributed by atoms with Gasteiger partial charge in [0.05, 0.1) is 0 Å². The SMILES string of the molecule is CCN(Cc1cccnc1C(N)=NO)c1ccc(C)cc1. The van der Waals surface area contributed by atoms with Gasteiger partial charge in [-0.25, -0.2) is 0 Å². The smallest absolute Gasteiger partial charge is 0.189 e. The second kappa shape index (κ2) is 6.74. The summed E-state index contributed by atoms with van der Waals surface area (Å²) in [6.07, 6.45) is 1.64. The highest BCUT2D eigenvalue weighted by Crippen LogP contribution is 2.18. The molecule has 21 heavy (non-hydrogen) atoms. The van der Waals surface area contributed by atoms with Gasteiger partial charge in [-0.1, -0.05) is 28.9 Å². The van der Waals surface area contributed by atoms with Gasteiger partial charge < -0.3 is 15.8 Å². The third kappa shape index (κ3) is 3.51. The molecule has 1 aromatic heterocycles. The molecular formula is C16H20N4O. The number of anilines is 1. The van der Waals surface area contributed by atoms with Crippen molar-refractivity contribution in [3.8, 4) is 0 Å². The zero-order chi connectivity index (χ0) is 15.2.